The molecule has 0 unspecified atom stereocenters. The Kier molecular flexibility index (Phi) is 7.23. The third kappa shape index (κ3) is 6.06. The second-order valence-electron chi connectivity index (χ2n) is 6.00. The second-order valence-corrected chi connectivity index (χ2v) is 6.00. The lowest BCUT2D eigenvalue weighted by molar-refractivity contribution is -0.121. The van der Waals surface area contributed by atoms with Gasteiger partial charge in [-0.15, -0.1) is 0 Å². The lowest BCUT2D eigenvalue weighted by Crippen LogP contribution is -2.40. The summed E-state index contributed by atoms with van der Waals surface area (Å²) < 4.78 is 5.74. The van der Waals surface area contributed by atoms with Gasteiger partial charge in [0.2, 0.25) is 5.91 Å². The maximum Gasteiger partial charge on any atom is 0.219 e. The van der Waals surface area contributed by atoms with Crippen LogP contribution in [0.3, 0.4) is 0 Å². The van der Waals surface area contributed by atoms with E-state index in [0.717, 1.165) is 57.8 Å². The molecule has 1 heterocycles. The molecule has 0 bridgehead atoms. The fourth-order valence-corrected chi connectivity index (χ4v) is 2.80. The van der Waals surface area contributed by atoms with E-state index in [4.69, 9.17) is 4.74 Å². The number of carbonyl (C=O) groups excluding carboxylic acids is 1. The number of hydrogen-bond acceptors (Lipinski definition) is 3. The number of amides is 1. The molecule has 0 spiro atoms. The van der Waals surface area contributed by atoms with Crippen molar-refractivity contribution in [3.8, 4) is 5.75 Å². The van der Waals surface area contributed by atoms with Crippen LogP contribution in [0.5, 0.6) is 5.75 Å². The first-order valence-electron chi connectivity index (χ1n) is 8.45. The largest absolute Gasteiger partial charge is 0.492 e. The third-order valence-corrected chi connectivity index (χ3v) is 4.19. The van der Waals surface area contributed by atoms with Crippen LogP contribution in [0.4, 0.5) is 0 Å². The van der Waals surface area contributed by atoms with Crippen molar-refractivity contribution in [1.82, 2.24) is 10.2 Å². The topological polar surface area (TPSA) is 41.6 Å². The molecule has 1 aromatic rings. The summed E-state index contributed by atoms with van der Waals surface area (Å²) in [4.78, 5) is 13.9. The average Bonchev–Trinajstić information content (AvgIpc) is 2.55. The minimum Gasteiger partial charge on any atom is -0.492 e. The molecule has 1 fully saturated rings. The standard InChI is InChI=1S/C18H28N2O2/c1-2-6-18(21)19-15-16-9-11-20(12-10-16)13-14-22-17-7-4-3-5-8-17/h3-5,7-8,16H,2,6,9-15H2,1H3,(H,19,21). The van der Waals surface area contributed by atoms with Gasteiger partial charge < -0.3 is 10.1 Å². The number of piperidine rings is 1. The molecule has 0 saturated carbocycles. The van der Waals surface area contributed by atoms with E-state index >= 15 is 0 Å². The van der Waals surface area contributed by atoms with Gasteiger partial charge in [0.1, 0.15) is 12.4 Å². The van der Waals surface area contributed by atoms with Crippen LogP contribution in [-0.4, -0.2) is 43.6 Å². The van der Waals surface area contributed by atoms with Gasteiger partial charge in [0.15, 0.2) is 0 Å². The Labute approximate surface area is 133 Å². The van der Waals surface area contributed by atoms with Crippen LogP contribution < -0.4 is 10.1 Å². The molecule has 1 aliphatic heterocycles. The number of rotatable bonds is 8. The molecule has 0 aliphatic carbocycles. The van der Waals surface area contributed by atoms with E-state index in [-0.39, 0.29) is 5.91 Å². The predicted octanol–water partition coefficient (Wildman–Crippen LogP) is 2.69. The van der Waals surface area contributed by atoms with Crippen molar-refractivity contribution in [1.29, 1.82) is 0 Å². The first-order valence-corrected chi connectivity index (χ1v) is 8.45. The summed E-state index contributed by atoms with van der Waals surface area (Å²) in [7, 11) is 0. The highest BCUT2D eigenvalue weighted by atomic mass is 16.5. The van der Waals surface area contributed by atoms with Crippen molar-refractivity contribution in [3.05, 3.63) is 30.3 Å². The van der Waals surface area contributed by atoms with Gasteiger partial charge in [-0.2, -0.15) is 0 Å². The quantitative estimate of drug-likeness (QED) is 0.803. The fraction of sp³-hybridized carbons (Fsp3) is 0.611. The molecule has 1 amide bonds. The number of para-hydroxylation sites is 1. The van der Waals surface area contributed by atoms with Crippen molar-refractivity contribution in [2.75, 3.05) is 32.8 Å². The summed E-state index contributed by atoms with van der Waals surface area (Å²) in [6.45, 7) is 6.80. The van der Waals surface area contributed by atoms with Crippen molar-refractivity contribution >= 4 is 5.91 Å². The first kappa shape index (κ1) is 16.8. The van der Waals surface area contributed by atoms with E-state index in [2.05, 4.69) is 10.2 Å². The van der Waals surface area contributed by atoms with E-state index in [9.17, 15) is 4.79 Å². The number of carbonyl (C=O) groups is 1. The van der Waals surface area contributed by atoms with Gasteiger partial charge in [-0.05, 0) is 50.4 Å². The smallest absolute Gasteiger partial charge is 0.219 e. The first-order chi connectivity index (χ1) is 10.8. The minimum absolute atomic E-state index is 0.196. The number of benzene rings is 1. The molecule has 0 radical (unpaired) electrons. The lowest BCUT2D eigenvalue weighted by Gasteiger charge is -2.31. The number of ether oxygens (including phenoxy) is 1. The summed E-state index contributed by atoms with van der Waals surface area (Å²) in [6, 6.07) is 9.97. The molecule has 122 valence electrons. The highest BCUT2D eigenvalue weighted by Crippen LogP contribution is 2.16. The molecule has 22 heavy (non-hydrogen) atoms. The Morgan fingerprint density at radius 2 is 2.00 bits per heavy atom. The zero-order chi connectivity index (χ0) is 15.6. The van der Waals surface area contributed by atoms with Crippen LogP contribution in [0.2, 0.25) is 0 Å². The molecular formula is C18H28N2O2. The molecule has 1 N–H and O–H groups in total. The monoisotopic (exact) mass is 304 g/mol. The van der Waals surface area contributed by atoms with Crippen LogP contribution in [0.15, 0.2) is 30.3 Å². The summed E-state index contributed by atoms with van der Waals surface area (Å²) in [5.74, 6) is 1.77. The summed E-state index contributed by atoms with van der Waals surface area (Å²) in [6.07, 6.45) is 3.90. The highest BCUT2D eigenvalue weighted by Gasteiger charge is 2.19. The lowest BCUT2D eigenvalue weighted by atomic mass is 9.97. The van der Waals surface area contributed by atoms with Crippen LogP contribution in [0, 0.1) is 5.92 Å². The van der Waals surface area contributed by atoms with Crippen molar-refractivity contribution in [2.24, 2.45) is 5.92 Å². The molecule has 1 saturated heterocycles. The SMILES string of the molecule is CCCC(=O)NCC1CCN(CCOc2ccccc2)CC1. The van der Waals surface area contributed by atoms with E-state index < -0.39 is 0 Å². The summed E-state index contributed by atoms with van der Waals surface area (Å²) in [5.41, 5.74) is 0. The highest BCUT2D eigenvalue weighted by molar-refractivity contribution is 5.75. The number of nitrogens with one attached hydrogen (secondary N) is 1. The predicted molar refractivity (Wildman–Crippen MR) is 89.0 cm³/mol. The summed E-state index contributed by atoms with van der Waals surface area (Å²) >= 11 is 0. The van der Waals surface area contributed by atoms with Gasteiger partial charge in [0, 0.05) is 19.5 Å². The van der Waals surface area contributed by atoms with Crippen LogP contribution >= 0.6 is 0 Å². The molecule has 1 aliphatic rings. The van der Waals surface area contributed by atoms with Crippen molar-refractivity contribution in [2.45, 2.75) is 32.6 Å². The molecule has 4 heteroatoms. The van der Waals surface area contributed by atoms with Crippen LogP contribution in [0.25, 0.3) is 0 Å². The Bertz CT molecular complexity index is 428. The fourth-order valence-electron chi connectivity index (χ4n) is 2.80. The Hall–Kier alpha value is -1.55. The van der Waals surface area contributed by atoms with E-state index in [0.29, 0.717) is 12.3 Å². The number of hydrogen-bond donors (Lipinski definition) is 1. The minimum atomic E-state index is 0.196. The van der Waals surface area contributed by atoms with Crippen molar-refractivity contribution < 1.29 is 9.53 Å². The molecule has 4 nitrogen and oxygen atoms in total. The molecular weight excluding hydrogens is 276 g/mol. The average molecular weight is 304 g/mol. The van der Waals surface area contributed by atoms with Gasteiger partial charge >= 0.3 is 0 Å². The van der Waals surface area contributed by atoms with Gasteiger partial charge in [-0.3, -0.25) is 9.69 Å². The normalized spacial score (nSPS) is 16.4. The van der Waals surface area contributed by atoms with Gasteiger partial charge in [-0.1, -0.05) is 25.1 Å². The maximum absolute atomic E-state index is 11.5. The van der Waals surface area contributed by atoms with Crippen LogP contribution in [0.1, 0.15) is 32.6 Å². The Morgan fingerprint density at radius 3 is 2.68 bits per heavy atom. The second kappa shape index (κ2) is 9.46. The van der Waals surface area contributed by atoms with Crippen LogP contribution in [-0.2, 0) is 4.79 Å². The Morgan fingerprint density at radius 1 is 1.27 bits per heavy atom. The number of likely N-dealkylation sites (tertiary alicyclic amines) is 1. The van der Waals surface area contributed by atoms with Gasteiger partial charge in [0.05, 0.1) is 0 Å². The van der Waals surface area contributed by atoms with Gasteiger partial charge in [0.25, 0.3) is 0 Å². The number of nitrogens with zero attached hydrogens (tertiary/aromatic N) is 1. The summed E-state index contributed by atoms with van der Waals surface area (Å²) in [5, 5.41) is 3.05. The van der Waals surface area contributed by atoms with E-state index in [1.165, 1.54) is 0 Å². The third-order valence-electron chi connectivity index (χ3n) is 4.19. The Balaban J connectivity index is 1.56. The molecule has 1 aromatic carbocycles. The zero-order valence-electron chi connectivity index (χ0n) is 13.6. The maximum atomic E-state index is 11.5. The molecule has 0 aromatic heterocycles. The molecule has 0 atom stereocenters. The van der Waals surface area contributed by atoms with Gasteiger partial charge in [-0.25, -0.2) is 0 Å². The molecule has 2 rings (SSSR count). The zero-order valence-corrected chi connectivity index (χ0v) is 13.6. The van der Waals surface area contributed by atoms with E-state index in [1.54, 1.807) is 0 Å². The van der Waals surface area contributed by atoms with E-state index in [1.807, 2.05) is 37.3 Å². The van der Waals surface area contributed by atoms with Crippen molar-refractivity contribution in [3.63, 3.8) is 0 Å².